The molecular weight excluding hydrogens is 196 g/mol. The summed E-state index contributed by atoms with van der Waals surface area (Å²) < 4.78 is 29.2. The Hall–Kier alpha value is -1.05. The van der Waals surface area contributed by atoms with Crippen LogP contribution in [0.3, 0.4) is 0 Å². The van der Waals surface area contributed by atoms with E-state index in [4.69, 9.17) is 9.66 Å². The lowest BCUT2D eigenvalue weighted by atomic mass is 10.4. The van der Waals surface area contributed by atoms with Gasteiger partial charge in [0.05, 0.1) is 6.61 Å². The predicted molar refractivity (Wildman–Crippen MR) is 43.2 cm³/mol. The summed E-state index contributed by atoms with van der Waals surface area (Å²) in [4.78, 5) is 7.25. The highest BCUT2D eigenvalue weighted by Gasteiger charge is 2.08. The molecule has 2 N–H and O–H groups in total. The van der Waals surface area contributed by atoms with Crippen molar-refractivity contribution >= 4 is 10.1 Å². The Labute approximate surface area is 75.0 Å². The van der Waals surface area contributed by atoms with E-state index in [0.29, 0.717) is 5.56 Å². The smallest absolute Gasteiger partial charge is 0.272 e. The van der Waals surface area contributed by atoms with Crippen molar-refractivity contribution in [3.8, 4) is 0 Å². The highest BCUT2D eigenvalue weighted by Crippen LogP contribution is 1.99. The van der Waals surface area contributed by atoms with Crippen LogP contribution >= 0.6 is 0 Å². The number of rotatable bonds is 3. The third-order valence-electron chi connectivity index (χ3n) is 1.25. The maximum Gasteiger partial charge on any atom is 0.272 e. The summed E-state index contributed by atoms with van der Waals surface area (Å²) in [6, 6.07) is 0. The molecule has 0 bridgehead atoms. The summed E-state index contributed by atoms with van der Waals surface area (Å²) in [6.07, 6.45) is 2.60. The lowest BCUT2D eigenvalue weighted by molar-refractivity contribution is 0.281. The van der Waals surface area contributed by atoms with Crippen LogP contribution in [0.25, 0.3) is 0 Å². The first-order chi connectivity index (χ1) is 6.01. The summed E-state index contributed by atoms with van der Waals surface area (Å²) in [5.74, 6) is -0.613. The zero-order valence-corrected chi connectivity index (χ0v) is 7.40. The molecule has 7 heteroatoms. The molecule has 0 aliphatic carbocycles. The summed E-state index contributed by atoms with van der Waals surface area (Å²) in [7, 11) is -4.08. The molecule has 0 saturated carbocycles. The maximum absolute atomic E-state index is 10.4. The molecule has 6 nitrogen and oxygen atoms in total. The van der Waals surface area contributed by atoms with Crippen molar-refractivity contribution in [3.63, 3.8) is 0 Å². The Bertz CT molecular complexity index is 372. The standard InChI is InChI=1S/C6H8N2O4S/c9-3-5-1-7-6(8-2-5)4-13(10,11)12/h1-2,9H,3-4H2,(H,10,11,12). The molecule has 0 radical (unpaired) electrons. The van der Waals surface area contributed by atoms with E-state index in [1.165, 1.54) is 12.4 Å². The zero-order valence-electron chi connectivity index (χ0n) is 6.58. The highest BCUT2D eigenvalue weighted by molar-refractivity contribution is 7.84. The molecule has 1 aromatic heterocycles. The average Bonchev–Trinajstić information content (AvgIpc) is 2.03. The van der Waals surface area contributed by atoms with Gasteiger partial charge in [-0.2, -0.15) is 8.42 Å². The molecule has 1 rings (SSSR count). The molecule has 0 saturated heterocycles. The van der Waals surface area contributed by atoms with Gasteiger partial charge in [0.15, 0.2) is 0 Å². The van der Waals surface area contributed by atoms with Crippen LogP contribution in [-0.4, -0.2) is 28.0 Å². The van der Waals surface area contributed by atoms with Crippen LogP contribution in [0.2, 0.25) is 0 Å². The minimum Gasteiger partial charge on any atom is -0.392 e. The van der Waals surface area contributed by atoms with Gasteiger partial charge in [-0.05, 0) is 0 Å². The van der Waals surface area contributed by atoms with Crippen LogP contribution in [0.5, 0.6) is 0 Å². The first-order valence-corrected chi connectivity index (χ1v) is 4.98. The molecule has 0 aliphatic heterocycles. The summed E-state index contributed by atoms with van der Waals surface area (Å²) in [5, 5.41) is 8.61. The molecule has 1 heterocycles. The van der Waals surface area contributed by atoms with Crippen molar-refractivity contribution < 1.29 is 18.1 Å². The summed E-state index contributed by atoms with van der Waals surface area (Å²) >= 11 is 0. The molecule has 0 aromatic carbocycles. The number of aromatic nitrogens is 2. The quantitative estimate of drug-likeness (QED) is 0.635. The molecule has 0 aliphatic rings. The zero-order chi connectivity index (χ0) is 9.90. The first-order valence-electron chi connectivity index (χ1n) is 3.37. The Morgan fingerprint density at radius 2 is 1.85 bits per heavy atom. The second-order valence-electron chi connectivity index (χ2n) is 2.39. The van der Waals surface area contributed by atoms with Gasteiger partial charge in [-0.15, -0.1) is 0 Å². The molecule has 72 valence electrons. The van der Waals surface area contributed by atoms with Crippen molar-refractivity contribution in [2.75, 3.05) is 0 Å². The fourth-order valence-corrected chi connectivity index (χ4v) is 1.18. The second kappa shape index (κ2) is 3.77. The lowest BCUT2D eigenvalue weighted by Gasteiger charge is -1.97. The van der Waals surface area contributed by atoms with Crippen LogP contribution in [0.15, 0.2) is 12.4 Å². The molecule has 0 atom stereocenters. The van der Waals surface area contributed by atoms with Gasteiger partial charge in [-0.25, -0.2) is 9.97 Å². The fourth-order valence-electron chi connectivity index (χ4n) is 0.701. The molecule has 0 amide bonds. The van der Waals surface area contributed by atoms with E-state index in [1.54, 1.807) is 0 Å². The SMILES string of the molecule is O=S(=O)(O)Cc1ncc(CO)cn1. The van der Waals surface area contributed by atoms with Gasteiger partial charge < -0.3 is 5.11 Å². The van der Waals surface area contributed by atoms with E-state index in [-0.39, 0.29) is 12.4 Å². The molecule has 1 aromatic rings. The van der Waals surface area contributed by atoms with Crippen molar-refractivity contribution in [1.82, 2.24) is 9.97 Å². The lowest BCUT2D eigenvalue weighted by Crippen LogP contribution is -2.05. The Morgan fingerprint density at radius 3 is 2.23 bits per heavy atom. The topological polar surface area (TPSA) is 100 Å². The van der Waals surface area contributed by atoms with Gasteiger partial charge in [0, 0.05) is 18.0 Å². The molecular formula is C6H8N2O4S. The number of hydrogen-bond donors (Lipinski definition) is 2. The van der Waals surface area contributed by atoms with Gasteiger partial charge in [0.1, 0.15) is 11.6 Å². The Morgan fingerprint density at radius 1 is 1.31 bits per heavy atom. The normalized spacial score (nSPS) is 11.5. The van der Waals surface area contributed by atoms with Crippen molar-refractivity contribution in [2.45, 2.75) is 12.4 Å². The van der Waals surface area contributed by atoms with Gasteiger partial charge in [0.2, 0.25) is 0 Å². The largest absolute Gasteiger partial charge is 0.392 e. The van der Waals surface area contributed by atoms with Crippen LogP contribution in [0, 0.1) is 0 Å². The van der Waals surface area contributed by atoms with E-state index in [9.17, 15) is 8.42 Å². The second-order valence-corrected chi connectivity index (χ2v) is 3.84. The molecule has 0 unspecified atom stereocenters. The molecule has 13 heavy (non-hydrogen) atoms. The predicted octanol–water partition coefficient (Wildman–Crippen LogP) is -0.643. The third kappa shape index (κ3) is 3.45. The van der Waals surface area contributed by atoms with Gasteiger partial charge in [-0.3, -0.25) is 4.55 Å². The van der Waals surface area contributed by atoms with Crippen LogP contribution in [0.4, 0.5) is 0 Å². The Kier molecular flexibility index (Phi) is 2.91. The minimum absolute atomic E-state index is 0.000278. The summed E-state index contributed by atoms with van der Waals surface area (Å²) in [6.45, 7) is -0.202. The van der Waals surface area contributed by atoms with E-state index in [2.05, 4.69) is 9.97 Å². The van der Waals surface area contributed by atoms with E-state index in [0.717, 1.165) is 0 Å². The average molecular weight is 204 g/mol. The summed E-state index contributed by atoms with van der Waals surface area (Å²) in [5.41, 5.74) is 0.485. The first kappa shape index (κ1) is 10.0. The monoisotopic (exact) mass is 204 g/mol. The number of hydrogen-bond acceptors (Lipinski definition) is 5. The van der Waals surface area contributed by atoms with Crippen molar-refractivity contribution in [2.24, 2.45) is 0 Å². The molecule has 0 spiro atoms. The van der Waals surface area contributed by atoms with E-state index >= 15 is 0 Å². The van der Waals surface area contributed by atoms with Gasteiger partial charge in [0.25, 0.3) is 10.1 Å². The fraction of sp³-hybridized carbons (Fsp3) is 0.333. The third-order valence-corrected chi connectivity index (χ3v) is 1.88. The number of aliphatic hydroxyl groups excluding tert-OH is 1. The highest BCUT2D eigenvalue weighted by atomic mass is 32.2. The number of nitrogens with zero attached hydrogens (tertiary/aromatic N) is 2. The maximum atomic E-state index is 10.4. The van der Waals surface area contributed by atoms with Crippen LogP contribution in [-0.2, 0) is 22.5 Å². The number of aliphatic hydroxyl groups is 1. The van der Waals surface area contributed by atoms with Gasteiger partial charge in [-0.1, -0.05) is 0 Å². The minimum atomic E-state index is -4.08. The Balaban J connectivity index is 2.81. The van der Waals surface area contributed by atoms with Crippen molar-refractivity contribution in [3.05, 3.63) is 23.8 Å². The van der Waals surface area contributed by atoms with Crippen molar-refractivity contribution in [1.29, 1.82) is 0 Å². The van der Waals surface area contributed by atoms with Crippen LogP contribution < -0.4 is 0 Å². The van der Waals surface area contributed by atoms with E-state index in [1.807, 2.05) is 0 Å². The van der Waals surface area contributed by atoms with Crippen LogP contribution in [0.1, 0.15) is 11.4 Å². The van der Waals surface area contributed by atoms with Gasteiger partial charge >= 0.3 is 0 Å². The molecule has 0 fully saturated rings. The van der Waals surface area contributed by atoms with E-state index < -0.39 is 15.9 Å².